The van der Waals surface area contributed by atoms with Crippen molar-refractivity contribution in [3.05, 3.63) is 59.5 Å². The van der Waals surface area contributed by atoms with E-state index in [1.165, 1.54) is 29.9 Å². The summed E-state index contributed by atoms with van der Waals surface area (Å²) in [5.74, 6) is 0.619. The Morgan fingerprint density at radius 2 is 1.79 bits per heavy atom. The van der Waals surface area contributed by atoms with Crippen molar-refractivity contribution in [1.82, 2.24) is 4.98 Å². The van der Waals surface area contributed by atoms with E-state index in [4.69, 9.17) is 5.73 Å². The summed E-state index contributed by atoms with van der Waals surface area (Å²) in [7, 11) is 0. The molecule has 1 amide bonds. The molecule has 0 bridgehead atoms. The van der Waals surface area contributed by atoms with Crippen molar-refractivity contribution in [3.8, 4) is 11.3 Å². The molecule has 1 aliphatic heterocycles. The van der Waals surface area contributed by atoms with Crippen LogP contribution in [-0.4, -0.2) is 24.0 Å². The van der Waals surface area contributed by atoms with Gasteiger partial charge in [0.25, 0.3) is 5.91 Å². The van der Waals surface area contributed by atoms with Crippen LogP contribution in [-0.2, 0) is 0 Å². The fourth-order valence-electron chi connectivity index (χ4n) is 3.49. The predicted octanol–water partition coefficient (Wildman–Crippen LogP) is 4.88. The van der Waals surface area contributed by atoms with E-state index in [9.17, 15) is 4.79 Å². The lowest BCUT2D eigenvalue weighted by molar-refractivity contribution is 0.103. The highest BCUT2D eigenvalue weighted by atomic mass is 32.1. The molecule has 0 atom stereocenters. The van der Waals surface area contributed by atoms with Crippen molar-refractivity contribution < 1.29 is 4.79 Å². The lowest BCUT2D eigenvalue weighted by Gasteiger charge is -2.32. The van der Waals surface area contributed by atoms with Crippen LogP contribution in [0.1, 0.15) is 29.4 Å². The van der Waals surface area contributed by atoms with Gasteiger partial charge in [0.05, 0.1) is 5.69 Å². The number of carbonyl (C=O) groups is 1. The largest absolute Gasteiger partial charge is 0.375 e. The van der Waals surface area contributed by atoms with E-state index < -0.39 is 0 Å². The van der Waals surface area contributed by atoms with Crippen LogP contribution in [0.3, 0.4) is 0 Å². The van der Waals surface area contributed by atoms with E-state index in [0.29, 0.717) is 15.7 Å². The van der Waals surface area contributed by atoms with Crippen LogP contribution >= 0.6 is 11.3 Å². The summed E-state index contributed by atoms with van der Waals surface area (Å²) in [4.78, 5) is 20.1. The fraction of sp³-hybridized carbons (Fsp3) is 0.273. The minimum atomic E-state index is -0.187. The molecule has 0 aliphatic carbocycles. The molecule has 4 rings (SSSR count). The molecule has 1 aromatic heterocycles. The van der Waals surface area contributed by atoms with Crippen LogP contribution < -0.4 is 16.0 Å². The highest BCUT2D eigenvalue weighted by Gasteiger charge is 2.19. The minimum absolute atomic E-state index is 0.187. The first-order valence-corrected chi connectivity index (χ1v) is 10.4. The van der Waals surface area contributed by atoms with Gasteiger partial charge in [-0.25, -0.2) is 4.98 Å². The molecule has 6 heteroatoms. The maximum absolute atomic E-state index is 12.8. The monoisotopic (exact) mass is 392 g/mol. The molecular weight excluding hydrogens is 368 g/mol. The molecule has 2 aromatic carbocycles. The zero-order valence-corrected chi connectivity index (χ0v) is 16.7. The summed E-state index contributed by atoms with van der Waals surface area (Å²) in [6, 6.07) is 17.7. The Morgan fingerprint density at radius 3 is 2.46 bits per heavy atom. The molecule has 2 heterocycles. The molecule has 28 heavy (non-hydrogen) atoms. The van der Waals surface area contributed by atoms with E-state index in [0.717, 1.165) is 30.3 Å². The van der Waals surface area contributed by atoms with Gasteiger partial charge in [-0.1, -0.05) is 48.6 Å². The Labute approximate surface area is 169 Å². The number of nitrogens with one attached hydrogen (secondary N) is 1. The van der Waals surface area contributed by atoms with Gasteiger partial charge in [0, 0.05) is 30.0 Å². The Hall–Kier alpha value is -2.86. The molecule has 3 N–H and O–H groups in total. The lowest BCUT2D eigenvalue weighted by atomic mass is 9.99. The molecule has 1 fully saturated rings. The SMILES string of the molecule is CC1CCN(c2ccc(NC(=O)c3sc(N)nc3-c3ccccc3)cc2)CC1. The van der Waals surface area contributed by atoms with E-state index in [1.807, 2.05) is 42.5 Å². The van der Waals surface area contributed by atoms with Gasteiger partial charge in [-0.3, -0.25) is 4.79 Å². The number of aromatic nitrogens is 1. The van der Waals surface area contributed by atoms with Crippen molar-refractivity contribution in [2.24, 2.45) is 5.92 Å². The second-order valence-electron chi connectivity index (χ2n) is 7.27. The third-order valence-electron chi connectivity index (χ3n) is 5.17. The number of carbonyl (C=O) groups excluding carboxylic acids is 1. The van der Waals surface area contributed by atoms with Gasteiger partial charge in [-0.15, -0.1) is 0 Å². The van der Waals surface area contributed by atoms with Gasteiger partial charge >= 0.3 is 0 Å². The van der Waals surface area contributed by atoms with Crippen molar-refractivity contribution in [1.29, 1.82) is 0 Å². The van der Waals surface area contributed by atoms with E-state index in [2.05, 4.69) is 34.3 Å². The number of benzene rings is 2. The average molecular weight is 393 g/mol. The normalized spacial score (nSPS) is 14.8. The Balaban J connectivity index is 1.49. The van der Waals surface area contributed by atoms with Gasteiger partial charge in [0.2, 0.25) is 0 Å². The van der Waals surface area contributed by atoms with Gasteiger partial charge < -0.3 is 16.0 Å². The number of piperidine rings is 1. The average Bonchev–Trinajstić information content (AvgIpc) is 3.12. The first kappa shape index (κ1) is 18.5. The van der Waals surface area contributed by atoms with Crippen molar-refractivity contribution in [3.63, 3.8) is 0 Å². The first-order chi connectivity index (χ1) is 13.6. The molecule has 0 unspecified atom stereocenters. The molecule has 0 saturated carbocycles. The summed E-state index contributed by atoms with van der Waals surface area (Å²) in [6.07, 6.45) is 2.46. The lowest BCUT2D eigenvalue weighted by Crippen LogP contribution is -2.32. The van der Waals surface area contributed by atoms with Crippen molar-refractivity contribution >= 4 is 33.8 Å². The molecule has 1 aliphatic rings. The quantitative estimate of drug-likeness (QED) is 0.664. The summed E-state index contributed by atoms with van der Waals surface area (Å²) in [5, 5.41) is 3.36. The fourth-order valence-corrected chi connectivity index (χ4v) is 4.24. The maximum Gasteiger partial charge on any atom is 0.268 e. The molecule has 0 spiro atoms. The number of hydrogen-bond acceptors (Lipinski definition) is 5. The van der Waals surface area contributed by atoms with Gasteiger partial charge in [-0.05, 0) is 43.0 Å². The second kappa shape index (κ2) is 8.02. The summed E-state index contributed by atoms with van der Waals surface area (Å²) >= 11 is 1.21. The summed E-state index contributed by atoms with van der Waals surface area (Å²) in [6.45, 7) is 4.49. The zero-order chi connectivity index (χ0) is 19.5. The van der Waals surface area contributed by atoms with Crippen LogP contribution in [0.5, 0.6) is 0 Å². The summed E-state index contributed by atoms with van der Waals surface area (Å²) in [5.41, 5.74) is 9.37. The molecule has 0 radical (unpaired) electrons. The Bertz CT molecular complexity index is 944. The van der Waals surface area contributed by atoms with Crippen LogP contribution in [0.15, 0.2) is 54.6 Å². The van der Waals surface area contributed by atoms with E-state index >= 15 is 0 Å². The first-order valence-electron chi connectivity index (χ1n) is 9.58. The van der Waals surface area contributed by atoms with Crippen molar-refractivity contribution in [2.75, 3.05) is 29.0 Å². The number of amides is 1. The number of nitrogen functional groups attached to an aromatic ring is 1. The number of rotatable bonds is 4. The Kier molecular flexibility index (Phi) is 5.30. The highest BCUT2D eigenvalue weighted by molar-refractivity contribution is 7.17. The molecular formula is C22H24N4OS. The predicted molar refractivity (Wildman–Crippen MR) is 117 cm³/mol. The van der Waals surface area contributed by atoms with E-state index in [-0.39, 0.29) is 5.91 Å². The zero-order valence-electron chi connectivity index (χ0n) is 15.9. The second-order valence-corrected chi connectivity index (χ2v) is 8.30. The number of anilines is 3. The minimum Gasteiger partial charge on any atom is -0.375 e. The van der Waals surface area contributed by atoms with Crippen molar-refractivity contribution in [2.45, 2.75) is 19.8 Å². The number of hydrogen-bond donors (Lipinski definition) is 2. The summed E-state index contributed by atoms with van der Waals surface area (Å²) < 4.78 is 0. The van der Waals surface area contributed by atoms with Crippen LogP contribution in [0, 0.1) is 5.92 Å². The topological polar surface area (TPSA) is 71.2 Å². The number of nitrogens with zero attached hydrogens (tertiary/aromatic N) is 2. The van der Waals surface area contributed by atoms with Gasteiger partial charge in [0.15, 0.2) is 5.13 Å². The molecule has 3 aromatic rings. The molecule has 5 nitrogen and oxygen atoms in total. The number of nitrogens with two attached hydrogens (primary N) is 1. The maximum atomic E-state index is 12.8. The molecule has 144 valence electrons. The molecule has 1 saturated heterocycles. The standard InChI is InChI=1S/C22H24N4OS/c1-15-11-13-26(14-12-15)18-9-7-17(8-10-18)24-21(27)20-19(25-22(23)28-20)16-5-3-2-4-6-16/h2-10,15H,11-14H2,1H3,(H2,23,25)(H,24,27). The van der Waals surface area contributed by atoms with Crippen LogP contribution in [0.25, 0.3) is 11.3 Å². The van der Waals surface area contributed by atoms with E-state index in [1.54, 1.807) is 0 Å². The highest BCUT2D eigenvalue weighted by Crippen LogP contribution is 2.30. The smallest absolute Gasteiger partial charge is 0.268 e. The Morgan fingerprint density at radius 1 is 1.11 bits per heavy atom. The third kappa shape index (κ3) is 4.02. The van der Waals surface area contributed by atoms with Gasteiger partial charge in [-0.2, -0.15) is 0 Å². The number of thiazole rings is 1. The van der Waals surface area contributed by atoms with Gasteiger partial charge in [0.1, 0.15) is 4.88 Å². The van der Waals surface area contributed by atoms with Crippen LogP contribution in [0.2, 0.25) is 0 Å². The van der Waals surface area contributed by atoms with Crippen LogP contribution in [0.4, 0.5) is 16.5 Å². The third-order valence-corrected chi connectivity index (χ3v) is 6.05.